The molecule has 0 saturated carbocycles. The van der Waals surface area contributed by atoms with Gasteiger partial charge in [0.05, 0.1) is 11.4 Å². The first-order chi connectivity index (χ1) is 12.4. The Morgan fingerprint density at radius 2 is 1.85 bits per heavy atom. The molecule has 144 valence electrons. The third-order valence-corrected chi connectivity index (χ3v) is 6.17. The van der Waals surface area contributed by atoms with Crippen LogP contribution in [0.25, 0.3) is 17.0 Å². The van der Waals surface area contributed by atoms with E-state index >= 15 is 0 Å². The van der Waals surface area contributed by atoms with Gasteiger partial charge in [0.2, 0.25) is 10.0 Å². The number of sulfonamides is 1. The molecule has 27 heavy (non-hydrogen) atoms. The minimum atomic E-state index is -4.60. The molecule has 0 radical (unpaired) electrons. The Hall–Kier alpha value is -2.39. The van der Waals surface area contributed by atoms with Gasteiger partial charge in [0.1, 0.15) is 4.75 Å². The summed E-state index contributed by atoms with van der Waals surface area (Å²) in [5.74, 6) is 0. The minimum absolute atomic E-state index is 0.0339. The standard InChI is InChI=1S/C18H18F3N3O2S/c1-12-3-5-13(6-4-12)15-11-16(18(19,20)21)23-24(15)14-7-9-17(2,10-8-14)27(22,25)26/h3-9,11H,10H2,1-2H3,(H2,22,25,26). The number of primary sulfonamides is 1. The highest BCUT2D eigenvalue weighted by Gasteiger charge is 2.37. The third kappa shape index (κ3) is 3.70. The Bertz CT molecular complexity index is 1030. The van der Waals surface area contributed by atoms with Gasteiger partial charge in [-0.25, -0.2) is 18.2 Å². The van der Waals surface area contributed by atoms with Crippen molar-refractivity contribution in [1.82, 2.24) is 9.78 Å². The highest BCUT2D eigenvalue weighted by atomic mass is 32.2. The molecular formula is C18H18F3N3O2S. The third-order valence-electron chi connectivity index (χ3n) is 4.56. The van der Waals surface area contributed by atoms with Crippen LogP contribution in [0.3, 0.4) is 0 Å². The summed E-state index contributed by atoms with van der Waals surface area (Å²) in [4.78, 5) is 0. The fourth-order valence-electron chi connectivity index (χ4n) is 2.72. The van der Waals surface area contributed by atoms with Crippen LogP contribution in [0, 0.1) is 6.92 Å². The number of aromatic nitrogens is 2. The molecule has 3 rings (SSSR count). The number of halogens is 3. The van der Waals surface area contributed by atoms with E-state index in [2.05, 4.69) is 5.10 Å². The predicted octanol–water partition coefficient (Wildman–Crippen LogP) is 3.73. The summed E-state index contributed by atoms with van der Waals surface area (Å²) in [5.41, 5.74) is 1.13. The van der Waals surface area contributed by atoms with Crippen LogP contribution in [0.1, 0.15) is 24.6 Å². The van der Waals surface area contributed by atoms with Gasteiger partial charge in [-0.3, -0.25) is 0 Å². The van der Waals surface area contributed by atoms with Gasteiger partial charge in [-0.05, 0) is 32.4 Å². The van der Waals surface area contributed by atoms with Crippen molar-refractivity contribution in [3.63, 3.8) is 0 Å². The lowest BCUT2D eigenvalue weighted by atomic mass is 10.0. The van der Waals surface area contributed by atoms with Crippen molar-refractivity contribution in [2.24, 2.45) is 5.14 Å². The summed E-state index contributed by atoms with van der Waals surface area (Å²) in [6.07, 6.45) is -0.232. The van der Waals surface area contributed by atoms with Crippen LogP contribution in [0.15, 0.2) is 48.6 Å². The number of hydrogen-bond donors (Lipinski definition) is 1. The summed E-state index contributed by atoms with van der Waals surface area (Å²) in [7, 11) is -3.86. The van der Waals surface area contributed by atoms with Crippen molar-refractivity contribution in [2.45, 2.75) is 31.2 Å². The lowest BCUT2D eigenvalue weighted by molar-refractivity contribution is -0.141. The Labute approximate surface area is 155 Å². The van der Waals surface area contributed by atoms with E-state index in [0.29, 0.717) is 11.3 Å². The summed E-state index contributed by atoms with van der Waals surface area (Å²) in [6.45, 7) is 3.33. The van der Waals surface area contributed by atoms with Gasteiger partial charge >= 0.3 is 6.18 Å². The van der Waals surface area contributed by atoms with Crippen molar-refractivity contribution < 1.29 is 21.6 Å². The van der Waals surface area contributed by atoms with E-state index in [1.54, 1.807) is 24.3 Å². The summed E-state index contributed by atoms with van der Waals surface area (Å²) in [5, 5.41) is 8.95. The number of aryl methyl sites for hydroxylation is 1. The number of benzene rings is 1. The van der Waals surface area contributed by atoms with E-state index in [9.17, 15) is 21.6 Å². The number of hydrogen-bond acceptors (Lipinski definition) is 3. The maximum absolute atomic E-state index is 13.2. The molecule has 1 aromatic carbocycles. The number of nitrogens with two attached hydrogens (primary N) is 1. The molecule has 0 fully saturated rings. The van der Waals surface area contributed by atoms with Crippen LogP contribution in [0.2, 0.25) is 0 Å². The molecular weight excluding hydrogens is 379 g/mol. The molecule has 1 aliphatic carbocycles. The Morgan fingerprint density at radius 1 is 1.22 bits per heavy atom. The number of allylic oxidation sites excluding steroid dienone is 3. The average Bonchev–Trinajstić information content (AvgIpc) is 3.01. The van der Waals surface area contributed by atoms with Crippen molar-refractivity contribution in [2.75, 3.05) is 0 Å². The van der Waals surface area contributed by atoms with Gasteiger partial charge in [0.15, 0.2) is 5.69 Å². The van der Waals surface area contributed by atoms with E-state index < -0.39 is 26.6 Å². The smallest absolute Gasteiger partial charge is 0.233 e. The summed E-state index contributed by atoms with van der Waals surface area (Å²) in [6, 6.07) is 7.99. The van der Waals surface area contributed by atoms with Crippen LogP contribution in [0.5, 0.6) is 0 Å². The van der Waals surface area contributed by atoms with E-state index in [4.69, 9.17) is 5.14 Å². The van der Waals surface area contributed by atoms with Crippen LogP contribution in [0.4, 0.5) is 13.2 Å². The van der Waals surface area contributed by atoms with Gasteiger partial charge in [-0.15, -0.1) is 0 Å². The van der Waals surface area contributed by atoms with Gasteiger partial charge in [0, 0.05) is 5.56 Å². The molecule has 0 amide bonds. The molecule has 1 aliphatic rings. The Morgan fingerprint density at radius 3 is 2.33 bits per heavy atom. The number of alkyl halides is 3. The second kappa shape index (κ2) is 6.35. The maximum atomic E-state index is 13.2. The lowest BCUT2D eigenvalue weighted by Gasteiger charge is -2.25. The zero-order valence-corrected chi connectivity index (χ0v) is 15.5. The van der Waals surface area contributed by atoms with Crippen LogP contribution in [-0.2, 0) is 16.2 Å². The van der Waals surface area contributed by atoms with Crippen LogP contribution >= 0.6 is 0 Å². The van der Waals surface area contributed by atoms with Crippen molar-refractivity contribution in [3.8, 4) is 11.3 Å². The van der Waals surface area contributed by atoms with E-state index in [1.165, 1.54) is 29.8 Å². The number of rotatable bonds is 3. The number of nitrogens with zero attached hydrogens (tertiary/aromatic N) is 2. The first kappa shape index (κ1) is 19.4. The molecule has 0 saturated heterocycles. The van der Waals surface area contributed by atoms with E-state index in [-0.39, 0.29) is 12.1 Å². The van der Waals surface area contributed by atoms with Gasteiger partial charge in [-0.1, -0.05) is 42.0 Å². The molecule has 2 aromatic rings. The normalized spacial score (nSPS) is 20.6. The zero-order valence-electron chi connectivity index (χ0n) is 14.7. The fourth-order valence-corrected chi connectivity index (χ4v) is 3.29. The zero-order chi connectivity index (χ0) is 20.0. The second-order valence-corrected chi connectivity index (χ2v) is 8.74. The molecule has 1 aromatic heterocycles. The molecule has 5 nitrogen and oxygen atoms in total. The monoisotopic (exact) mass is 397 g/mol. The van der Waals surface area contributed by atoms with Crippen molar-refractivity contribution in [3.05, 3.63) is 59.8 Å². The van der Waals surface area contributed by atoms with Crippen molar-refractivity contribution in [1.29, 1.82) is 0 Å². The molecule has 1 heterocycles. The van der Waals surface area contributed by atoms with E-state index in [1.807, 2.05) is 6.92 Å². The first-order valence-electron chi connectivity index (χ1n) is 8.07. The fraction of sp³-hybridized carbons (Fsp3) is 0.278. The largest absolute Gasteiger partial charge is 0.435 e. The molecule has 0 aliphatic heterocycles. The second-order valence-electron chi connectivity index (χ2n) is 6.71. The van der Waals surface area contributed by atoms with Gasteiger partial charge in [0.25, 0.3) is 0 Å². The van der Waals surface area contributed by atoms with Crippen LogP contribution in [-0.4, -0.2) is 22.9 Å². The van der Waals surface area contributed by atoms with Gasteiger partial charge in [-0.2, -0.15) is 18.3 Å². The summed E-state index contributed by atoms with van der Waals surface area (Å²) >= 11 is 0. The highest BCUT2D eigenvalue weighted by molar-refractivity contribution is 7.90. The lowest BCUT2D eigenvalue weighted by Crippen LogP contribution is -2.39. The predicted molar refractivity (Wildman–Crippen MR) is 96.9 cm³/mol. The molecule has 0 spiro atoms. The Kier molecular flexibility index (Phi) is 4.55. The highest BCUT2D eigenvalue weighted by Crippen LogP contribution is 2.35. The molecule has 1 unspecified atom stereocenters. The minimum Gasteiger partial charge on any atom is -0.233 e. The Balaban J connectivity index is 2.09. The van der Waals surface area contributed by atoms with Crippen molar-refractivity contribution >= 4 is 15.7 Å². The molecule has 2 N–H and O–H groups in total. The summed E-state index contributed by atoms with van der Waals surface area (Å²) < 4.78 is 62.9. The molecule has 0 bridgehead atoms. The van der Waals surface area contributed by atoms with Crippen LogP contribution < -0.4 is 5.14 Å². The quantitative estimate of drug-likeness (QED) is 0.857. The average molecular weight is 397 g/mol. The molecule has 1 atom stereocenters. The molecule has 9 heteroatoms. The van der Waals surface area contributed by atoms with E-state index in [0.717, 1.165) is 11.6 Å². The first-order valence-corrected chi connectivity index (χ1v) is 9.62. The SMILES string of the molecule is Cc1ccc(-c2cc(C(F)(F)F)nn2C2=CCC(C)(S(N)(=O)=O)C=C2)cc1. The topological polar surface area (TPSA) is 78.0 Å². The van der Waals surface area contributed by atoms with Gasteiger partial charge < -0.3 is 0 Å². The maximum Gasteiger partial charge on any atom is 0.435 e.